The predicted octanol–water partition coefficient (Wildman–Crippen LogP) is 3.53. The Bertz CT molecular complexity index is 537. The monoisotopic (exact) mass is 336 g/mol. The van der Waals surface area contributed by atoms with Gasteiger partial charge in [0.2, 0.25) is 0 Å². The third-order valence-electron chi connectivity index (χ3n) is 2.95. The van der Waals surface area contributed by atoms with Gasteiger partial charge in [0, 0.05) is 40.9 Å². The lowest BCUT2D eigenvalue weighted by Crippen LogP contribution is -2.41. The quantitative estimate of drug-likeness (QED) is 0.914. The number of carbonyl (C=O) groups is 1. The minimum atomic E-state index is -0.959. The van der Waals surface area contributed by atoms with Crippen molar-refractivity contribution in [1.29, 1.82) is 0 Å². The molecular formula is C13H18Cl2N2O2S. The van der Waals surface area contributed by atoms with Gasteiger partial charge >= 0.3 is 6.03 Å². The van der Waals surface area contributed by atoms with Gasteiger partial charge in [0.25, 0.3) is 0 Å². The topological polar surface area (TPSA) is 49.4 Å². The van der Waals surface area contributed by atoms with Crippen LogP contribution < -0.4 is 5.32 Å². The molecule has 0 bridgehead atoms. The Morgan fingerprint density at radius 1 is 1.40 bits per heavy atom. The lowest BCUT2D eigenvalue weighted by atomic mass is 10.2. The number of nitrogens with one attached hydrogen (secondary N) is 1. The Labute approximate surface area is 131 Å². The molecule has 20 heavy (non-hydrogen) atoms. The molecule has 0 radical (unpaired) electrons. The lowest BCUT2D eigenvalue weighted by molar-refractivity contribution is 0.212. The van der Waals surface area contributed by atoms with E-state index in [0.717, 1.165) is 5.56 Å². The first-order chi connectivity index (χ1) is 9.22. The molecule has 7 heteroatoms. The van der Waals surface area contributed by atoms with Crippen LogP contribution in [0.5, 0.6) is 0 Å². The molecular weight excluding hydrogens is 319 g/mol. The van der Waals surface area contributed by atoms with Gasteiger partial charge in [-0.25, -0.2) is 4.79 Å². The van der Waals surface area contributed by atoms with Crippen molar-refractivity contribution < 1.29 is 9.00 Å². The van der Waals surface area contributed by atoms with Gasteiger partial charge in [-0.2, -0.15) is 0 Å². The molecule has 112 valence electrons. The summed E-state index contributed by atoms with van der Waals surface area (Å²) in [7, 11) is 0.690. The summed E-state index contributed by atoms with van der Waals surface area (Å²) < 4.78 is 11.2. The van der Waals surface area contributed by atoms with Gasteiger partial charge in [0.05, 0.1) is 10.7 Å². The standard InChI is InChI=1S/C13H18Cl2N2O2S/c1-8-5-11(15)12(6-10(8)14)16-13(18)17(3)9(2)7-20(4)19/h5-6,9H,7H2,1-4H3,(H,16,18)/t9-,20-/m1/s1. The molecule has 0 fully saturated rings. The van der Waals surface area contributed by atoms with E-state index < -0.39 is 10.8 Å². The normalized spacial score (nSPS) is 13.7. The predicted molar refractivity (Wildman–Crippen MR) is 86.4 cm³/mol. The summed E-state index contributed by atoms with van der Waals surface area (Å²) >= 11 is 12.1. The van der Waals surface area contributed by atoms with Gasteiger partial charge in [0.1, 0.15) is 0 Å². The molecule has 0 heterocycles. The number of urea groups is 1. The first-order valence-corrected chi connectivity index (χ1v) is 8.50. The van der Waals surface area contributed by atoms with Crippen LogP contribution in [-0.4, -0.2) is 40.2 Å². The van der Waals surface area contributed by atoms with Crippen LogP contribution in [0.25, 0.3) is 0 Å². The maximum Gasteiger partial charge on any atom is 0.321 e. The fourth-order valence-corrected chi connectivity index (χ4v) is 2.93. The summed E-state index contributed by atoms with van der Waals surface area (Å²) in [5.41, 5.74) is 1.31. The van der Waals surface area contributed by atoms with Crippen molar-refractivity contribution in [2.75, 3.05) is 24.4 Å². The van der Waals surface area contributed by atoms with Gasteiger partial charge in [0.15, 0.2) is 0 Å². The highest BCUT2D eigenvalue weighted by molar-refractivity contribution is 7.84. The number of carbonyl (C=O) groups excluding carboxylic acids is 1. The largest absolute Gasteiger partial charge is 0.324 e. The number of rotatable bonds is 4. The maximum absolute atomic E-state index is 12.1. The van der Waals surface area contributed by atoms with Crippen molar-refractivity contribution in [3.8, 4) is 0 Å². The molecule has 0 unspecified atom stereocenters. The second kappa shape index (κ2) is 7.29. The molecule has 1 aromatic carbocycles. The number of nitrogens with zero attached hydrogens (tertiary/aromatic N) is 1. The zero-order valence-corrected chi connectivity index (χ0v) is 14.2. The van der Waals surface area contributed by atoms with E-state index in [2.05, 4.69) is 5.32 Å². The summed E-state index contributed by atoms with van der Waals surface area (Å²) in [6, 6.07) is 2.86. The van der Waals surface area contributed by atoms with E-state index in [1.807, 2.05) is 13.8 Å². The smallest absolute Gasteiger partial charge is 0.321 e. The molecule has 0 aliphatic carbocycles. The van der Waals surface area contributed by atoms with Gasteiger partial charge in [-0.3, -0.25) is 4.21 Å². The fourth-order valence-electron chi connectivity index (χ4n) is 1.60. The van der Waals surface area contributed by atoms with Crippen LogP contribution >= 0.6 is 23.2 Å². The van der Waals surface area contributed by atoms with Crippen LogP contribution in [-0.2, 0) is 10.8 Å². The van der Waals surface area contributed by atoms with Crippen LogP contribution in [0, 0.1) is 6.92 Å². The highest BCUT2D eigenvalue weighted by Gasteiger charge is 2.18. The molecule has 0 saturated carbocycles. The van der Waals surface area contributed by atoms with Crippen LogP contribution in [0.15, 0.2) is 12.1 Å². The zero-order valence-electron chi connectivity index (χ0n) is 11.9. The first-order valence-electron chi connectivity index (χ1n) is 6.01. The molecule has 4 nitrogen and oxygen atoms in total. The van der Waals surface area contributed by atoms with E-state index in [-0.39, 0.29) is 12.1 Å². The van der Waals surface area contributed by atoms with Crippen LogP contribution in [0.3, 0.4) is 0 Å². The van der Waals surface area contributed by atoms with Crippen molar-refractivity contribution in [2.45, 2.75) is 19.9 Å². The van der Waals surface area contributed by atoms with E-state index in [0.29, 0.717) is 21.5 Å². The average molecular weight is 337 g/mol. The van der Waals surface area contributed by atoms with E-state index >= 15 is 0 Å². The van der Waals surface area contributed by atoms with Crippen molar-refractivity contribution in [3.05, 3.63) is 27.7 Å². The number of hydrogen-bond donors (Lipinski definition) is 1. The number of benzene rings is 1. The van der Waals surface area contributed by atoms with Gasteiger partial charge < -0.3 is 10.2 Å². The second-order valence-electron chi connectivity index (χ2n) is 4.71. The molecule has 1 rings (SSSR count). The van der Waals surface area contributed by atoms with Gasteiger partial charge in [-0.1, -0.05) is 23.2 Å². The molecule has 2 amide bonds. The minimum absolute atomic E-state index is 0.138. The second-order valence-corrected chi connectivity index (χ2v) is 7.01. The lowest BCUT2D eigenvalue weighted by Gasteiger charge is -2.24. The van der Waals surface area contributed by atoms with Crippen molar-refractivity contribution >= 4 is 45.7 Å². The van der Waals surface area contributed by atoms with E-state index in [1.54, 1.807) is 25.4 Å². The molecule has 2 atom stereocenters. The number of hydrogen-bond acceptors (Lipinski definition) is 2. The molecule has 1 aromatic rings. The molecule has 0 aromatic heterocycles. The van der Waals surface area contributed by atoms with Crippen LogP contribution in [0.2, 0.25) is 10.0 Å². The summed E-state index contributed by atoms with van der Waals surface area (Å²) in [6.07, 6.45) is 1.61. The van der Waals surface area contributed by atoms with Crippen LogP contribution in [0.4, 0.5) is 10.5 Å². The van der Waals surface area contributed by atoms with Crippen molar-refractivity contribution in [1.82, 2.24) is 4.90 Å². The Balaban J connectivity index is 2.80. The zero-order chi connectivity index (χ0) is 15.4. The third kappa shape index (κ3) is 4.65. The molecule has 0 aliphatic heterocycles. The summed E-state index contributed by atoms with van der Waals surface area (Å²) in [5, 5.41) is 3.67. The average Bonchev–Trinajstić information content (AvgIpc) is 2.33. The molecule has 0 spiro atoms. The number of aryl methyl sites for hydroxylation is 1. The summed E-state index contributed by atoms with van der Waals surface area (Å²) in [4.78, 5) is 13.6. The highest BCUT2D eigenvalue weighted by Crippen LogP contribution is 2.29. The molecule has 0 aliphatic rings. The first kappa shape index (κ1) is 17.3. The van der Waals surface area contributed by atoms with E-state index in [1.165, 1.54) is 4.90 Å². The molecule has 0 saturated heterocycles. The van der Waals surface area contributed by atoms with E-state index in [4.69, 9.17) is 23.2 Å². The Hall–Kier alpha value is -0.780. The van der Waals surface area contributed by atoms with Crippen molar-refractivity contribution in [2.24, 2.45) is 0 Å². The Morgan fingerprint density at radius 2 is 2.00 bits per heavy atom. The number of amides is 2. The summed E-state index contributed by atoms with van der Waals surface area (Å²) in [6.45, 7) is 3.68. The van der Waals surface area contributed by atoms with Gasteiger partial charge in [-0.15, -0.1) is 0 Å². The number of halogens is 2. The van der Waals surface area contributed by atoms with E-state index in [9.17, 15) is 9.00 Å². The Morgan fingerprint density at radius 3 is 2.55 bits per heavy atom. The fraction of sp³-hybridized carbons (Fsp3) is 0.462. The third-order valence-corrected chi connectivity index (χ3v) is 4.62. The molecule has 1 N–H and O–H groups in total. The number of anilines is 1. The maximum atomic E-state index is 12.1. The highest BCUT2D eigenvalue weighted by atomic mass is 35.5. The Kier molecular flexibility index (Phi) is 6.30. The SMILES string of the molecule is Cc1cc(Cl)c(NC(=O)N(C)[C@H](C)C[S@@](C)=O)cc1Cl. The summed E-state index contributed by atoms with van der Waals surface area (Å²) in [5.74, 6) is 0.423. The van der Waals surface area contributed by atoms with Crippen molar-refractivity contribution in [3.63, 3.8) is 0 Å². The van der Waals surface area contributed by atoms with Gasteiger partial charge in [-0.05, 0) is 31.5 Å². The minimum Gasteiger partial charge on any atom is -0.324 e. The van der Waals surface area contributed by atoms with Crippen LogP contribution in [0.1, 0.15) is 12.5 Å².